The molecule has 0 radical (unpaired) electrons. The number of allylic oxidation sites excluding steroid dienone is 1. The van der Waals surface area contributed by atoms with Crippen LogP contribution in [-0.4, -0.2) is 11.3 Å². The molecule has 0 saturated carbocycles. The highest BCUT2D eigenvalue weighted by atomic mass is 32.2. The van der Waals surface area contributed by atoms with Crippen molar-refractivity contribution in [1.29, 1.82) is 0 Å². The topological polar surface area (TPSA) is 12.4 Å². The van der Waals surface area contributed by atoms with E-state index in [0.717, 1.165) is 0 Å². The summed E-state index contributed by atoms with van der Waals surface area (Å²) in [6, 6.07) is 0. The lowest BCUT2D eigenvalue weighted by Gasteiger charge is -2.18. The summed E-state index contributed by atoms with van der Waals surface area (Å²) in [6.45, 7) is 0. The highest BCUT2D eigenvalue weighted by molar-refractivity contribution is 8.12. The first-order valence-electron chi connectivity index (χ1n) is 3.82. The van der Waals surface area contributed by atoms with E-state index in [0.29, 0.717) is 0 Å². The summed E-state index contributed by atoms with van der Waals surface area (Å²) in [7, 11) is 0. The Morgan fingerprint density at radius 3 is 3.10 bits per heavy atom. The van der Waals surface area contributed by atoms with E-state index in [1.165, 1.54) is 37.1 Å². The lowest BCUT2D eigenvalue weighted by atomic mass is 9.98. The molecule has 0 spiro atoms. The molecule has 0 aromatic heterocycles. The van der Waals surface area contributed by atoms with Crippen molar-refractivity contribution >= 4 is 17.3 Å². The number of rotatable bonds is 0. The number of hydrogen-bond acceptors (Lipinski definition) is 2. The van der Waals surface area contributed by atoms with E-state index in [1.807, 2.05) is 17.3 Å². The first-order chi connectivity index (χ1) is 4.97. The van der Waals surface area contributed by atoms with E-state index in [4.69, 9.17) is 0 Å². The van der Waals surface area contributed by atoms with Crippen molar-refractivity contribution in [3.8, 4) is 0 Å². The molecule has 2 rings (SSSR count). The number of thioether (sulfide) groups is 1. The zero-order chi connectivity index (χ0) is 6.81. The Morgan fingerprint density at radius 2 is 2.20 bits per heavy atom. The van der Waals surface area contributed by atoms with Crippen molar-refractivity contribution in [3.63, 3.8) is 0 Å². The fraction of sp³-hybridized carbons (Fsp3) is 0.625. The van der Waals surface area contributed by atoms with E-state index in [1.54, 1.807) is 5.57 Å². The molecular weight excluding hydrogens is 142 g/mol. The molecule has 10 heavy (non-hydrogen) atoms. The molecule has 1 aliphatic heterocycles. The third-order valence-corrected chi connectivity index (χ3v) is 2.86. The van der Waals surface area contributed by atoms with Gasteiger partial charge in [0.15, 0.2) is 0 Å². The van der Waals surface area contributed by atoms with Crippen molar-refractivity contribution in [1.82, 2.24) is 0 Å². The van der Waals surface area contributed by atoms with E-state index in [2.05, 4.69) is 4.99 Å². The van der Waals surface area contributed by atoms with Gasteiger partial charge >= 0.3 is 0 Å². The van der Waals surface area contributed by atoms with Crippen molar-refractivity contribution in [2.24, 2.45) is 4.99 Å². The summed E-state index contributed by atoms with van der Waals surface area (Å²) < 4.78 is 0. The van der Waals surface area contributed by atoms with Crippen LogP contribution in [0.5, 0.6) is 0 Å². The molecule has 2 aliphatic rings. The quantitative estimate of drug-likeness (QED) is 0.521. The Bertz CT molecular complexity index is 193. The van der Waals surface area contributed by atoms with E-state index >= 15 is 0 Å². The first-order valence-corrected chi connectivity index (χ1v) is 4.87. The lowest BCUT2D eigenvalue weighted by Crippen LogP contribution is -2.03. The van der Waals surface area contributed by atoms with Gasteiger partial charge in [0.1, 0.15) is 0 Å². The lowest BCUT2D eigenvalue weighted by molar-refractivity contribution is 0.669. The standard InChI is InChI=1S/C8H11NS/c1-2-4-8-7(3-1)5-10-6-9-8/h6H,1-5H2. The molecule has 54 valence electrons. The summed E-state index contributed by atoms with van der Waals surface area (Å²) in [6.07, 6.45) is 5.27. The maximum absolute atomic E-state index is 4.37. The average Bonchev–Trinajstić information content (AvgIpc) is 2.05. The molecule has 0 unspecified atom stereocenters. The summed E-state index contributed by atoms with van der Waals surface area (Å²) in [5.41, 5.74) is 4.99. The zero-order valence-electron chi connectivity index (χ0n) is 5.97. The Balaban J connectivity index is 2.23. The monoisotopic (exact) mass is 153 g/mol. The first kappa shape index (κ1) is 6.47. The maximum Gasteiger partial charge on any atom is 0.0603 e. The van der Waals surface area contributed by atoms with Gasteiger partial charge in [-0.15, -0.1) is 11.8 Å². The normalized spacial score (nSPS) is 24.8. The van der Waals surface area contributed by atoms with Gasteiger partial charge in [0.25, 0.3) is 0 Å². The van der Waals surface area contributed by atoms with Crippen LogP contribution in [0.4, 0.5) is 0 Å². The van der Waals surface area contributed by atoms with Gasteiger partial charge in [0, 0.05) is 11.4 Å². The van der Waals surface area contributed by atoms with Crippen molar-refractivity contribution in [3.05, 3.63) is 11.3 Å². The van der Waals surface area contributed by atoms with Gasteiger partial charge in [0.2, 0.25) is 0 Å². The van der Waals surface area contributed by atoms with Crippen LogP contribution in [0.25, 0.3) is 0 Å². The molecule has 1 heterocycles. The minimum atomic E-state index is 1.21. The van der Waals surface area contributed by atoms with E-state index < -0.39 is 0 Å². The fourth-order valence-corrected chi connectivity index (χ4v) is 2.29. The molecule has 0 fully saturated rings. The highest BCUT2D eigenvalue weighted by Gasteiger charge is 2.13. The second-order valence-electron chi connectivity index (χ2n) is 2.80. The fourth-order valence-electron chi connectivity index (χ4n) is 1.50. The van der Waals surface area contributed by atoms with Gasteiger partial charge in [-0.05, 0) is 31.3 Å². The smallest absolute Gasteiger partial charge is 0.0603 e. The number of nitrogens with zero attached hydrogens (tertiary/aromatic N) is 1. The number of aliphatic imine (C=N–C) groups is 1. The third kappa shape index (κ3) is 1.12. The molecule has 0 bridgehead atoms. The Hall–Kier alpha value is -0.240. The van der Waals surface area contributed by atoms with Crippen molar-refractivity contribution < 1.29 is 0 Å². The van der Waals surface area contributed by atoms with Gasteiger partial charge < -0.3 is 0 Å². The second kappa shape index (κ2) is 2.79. The van der Waals surface area contributed by atoms with Gasteiger partial charge in [0.05, 0.1) is 5.55 Å². The van der Waals surface area contributed by atoms with Crippen LogP contribution in [0.1, 0.15) is 25.7 Å². The second-order valence-corrected chi connectivity index (χ2v) is 3.64. The molecular formula is C8H11NS. The van der Waals surface area contributed by atoms with Crippen LogP contribution in [0.3, 0.4) is 0 Å². The maximum atomic E-state index is 4.37. The van der Waals surface area contributed by atoms with Crippen molar-refractivity contribution in [2.45, 2.75) is 25.7 Å². The highest BCUT2D eigenvalue weighted by Crippen LogP contribution is 2.30. The minimum absolute atomic E-state index is 1.21. The van der Waals surface area contributed by atoms with Crippen molar-refractivity contribution in [2.75, 3.05) is 5.75 Å². The Kier molecular flexibility index (Phi) is 1.80. The summed E-state index contributed by atoms with van der Waals surface area (Å²) in [4.78, 5) is 4.37. The molecule has 0 saturated heterocycles. The largest absolute Gasteiger partial charge is 0.254 e. The summed E-state index contributed by atoms with van der Waals surface area (Å²) in [5.74, 6) is 1.21. The van der Waals surface area contributed by atoms with E-state index in [-0.39, 0.29) is 0 Å². The van der Waals surface area contributed by atoms with Gasteiger partial charge in [-0.3, -0.25) is 4.99 Å². The summed E-state index contributed by atoms with van der Waals surface area (Å²) in [5, 5.41) is 0. The molecule has 1 nitrogen and oxygen atoms in total. The van der Waals surface area contributed by atoms with Gasteiger partial charge in [-0.1, -0.05) is 0 Å². The van der Waals surface area contributed by atoms with Crippen LogP contribution in [0.15, 0.2) is 16.3 Å². The molecule has 1 aliphatic carbocycles. The molecule has 0 amide bonds. The zero-order valence-corrected chi connectivity index (χ0v) is 6.78. The number of hydrogen-bond donors (Lipinski definition) is 0. The van der Waals surface area contributed by atoms with Crippen LogP contribution in [0, 0.1) is 0 Å². The average molecular weight is 153 g/mol. The molecule has 0 N–H and O–H groups in total. The molecule has 0 aromatic rings. The SMILES string of the molecule is C1=NC2=C(CCCC2)CS1. The van der Waals surface area contributed by atoms with Crippen LogP contribution >= 0.6 is 11.8 Å². The molecule has 0 atom stereocenters. The van der Waals surface area contributed by atoms with Crippen LogP contribution in [0.2, 0.25) is 0 Å². The van der Waals surface area contributed by atoms with Crippen LogP contribution in [-0.2, 0) is 0 Å². The Labute approximate surface area is 65.6 Å². The predicted octanol–water partition coefficient (Wildman–Crippen LogP) is 2.59. The molecule has 2 heteroatoms. The van der Waals surface area contributed by atoms with Gasteiger partial charge in [-0.25, -0.2) is 0 Å². The van der Waals surface area contributed by atoms with E-state index in [9.17, 15) is 0 Å². The van der Waals surface area contributed by atoms with Crippen LogP contribution < -0.4 is 0 Å². The van der Waals surface area contributed by atoms with Gasteiger partial charge in [-0.2, -0.15) is 0 Å². The predicted molar refractivity (Wildman–Crippen MR) is 46.4 cm³/mol. The Morgan fingerprint density at radius 1 is 1.30 bits per heavy atom. The third-order valence-electron chi connectivity index (χ3n) is 2.09. The minimum Gasteiger partial charge on any atom is -0.254 e. The summed E-state index contributed by atoms with van der Waals surface area (Å²) >= 11 is 1.83. The molecule has 0 aromatic carbocycles.